The van der Waals surface area contributed by atoms with E-state index in [1.165, 1.54) is 35.5 Å². The van der Waals surface area contributed by atoms with Crippen LogP contribution in [0.4, 0.5) is 0 Å². The van der Waals surface area contributed by atoms with Crippen LogP contribution in [0.1, 0.15) is 18.9 Å². The summed E-state index contributed by atoms with van der Waals surface area (Å²) in [6.07, 6.45) is 0. The van der Waals surface area contributed by atoms with Crippen LogP contribution in [0.3, 0.4) is 0 Å². The monoisotopic (exact) mass is 447 g/mol. The standard InChI is InChI=1S/C21H25N3O4S2/c1-14(2)20(23-30(26,27)16-11-9-15(28-4)10-12-16)21(25)24(3)13-19-22-17-7-5-6-8-18(17)29-19/h5-12,14,20,23H,13H2,1-4H3/t20-/m0/s1. The molecule has 0 unspecified atom stereocenters. The maximum absolute atomic E-state index is 13.1. The van der Waals surface area contributed by atoms with E-state index in [-0.39, 0.29) is 16.7 Å². The molecule has 0 saturated heterocycles. The van der Waals surface area contributed by atoms with Crippen molar-refractivity contribution in [2.24, 2.45) is 5.92 Å². The van der Waals surface area contributed by atoms with Crippen LogP contribution in [-0.4, -0.2) is 44.4 Å². The third-order valence-corrected chi connectivity index (χ3v) is 7.15. The number of aromatic nitrogens is 1. The average Bonchev–Trinajstić information content (AvgIpc) is 3.13. The largest absolute Gasteiger partial charge is 0.497 e. The number of sulfonamides is 1. The van der Waals surface area contributed by atoms with Gasteiger partial charge in [0.05, 0.1) is 28.8 Å². The quantitative estimate of drug-likeness (QED) is 0.573. The predicted octanol–water partition coefficient (Wildman–Crippen LogP) is 3.27. The molecule has 3 aromatic rings. The molecule has 0 spiro atoms. The highest BCUT2D eigenvalue weighted by atomic mass is 32.2. The van der Waals surface area contributed by atoms with Gasteiger partial charge < -0.3 is 9.64 Å². The molecule has 0 bridgehead atoms. The molecule has 0 saturated carbocycles. The summed E-state index contributed by atoms with van der Waals surface area (Å²) in [5.74, 6) is 0.0192. The minimum Gasteiger partial charge on any atom is -0.497 e. The number of carbonyl (C=O) groups excluding carboxylic acids is 1. The topological polar surface area (TPSA) is 88.6 Å². The molecule has 0 fully saturated rings. The summed E-state index contributed by atoms with van der Waals surface area (Å²) in [7, 11) is -0.699. The first-order valence-electron chi connectivity index (χ1n) is 9.47. The number of ether oxygens (including phenoxy) is 1. The van der Waals surface area contributed by atoms with Gasteiger partial charge in [0.15, 0.2) is 0 Å². The van der Waals surface area contributed by atoms with Crippen molar-refractivity contribution in [3.63, 3.8) is 0 Å². The van der Waals surface area contributed by atoms with E-state index in [1.54, 1.807) is 19.2 Å². The first kappa shape index (κ1) is 22.2. The molecule has 1 amide bonds. The van der Waals surface area contributed by atoms with Gasteiger partial charge in [0.25, 0.3) is 0 Å². The SMILES string of the molecule is COc1ccc(S(=O)(=O)N[C@H](C(=O)N(C)Cc2nc3ccccc3s2)C(C)C)cc1. The van der Waals surface area contributed by atoms with E-state index < -0.39 is 16.1 Å². The van der Waals surface area contributed by atoms with Crippen molar-refractivity contribution in [1.82, 2.24) is 14.6 Å². The van der Waals surface area contributed by atoms with Gasteiger partial charge in [0.2, 0.25) is 15.9 Å². The Kier molecular flexibility index (Phi) is 6.74. The molecule has 160 valence electrons. The average molecular weight is 448 g/mol. The molecule has 2 aromatic carbocycles. The smallest absolute Gasteiger partial charge is 0.241 e. The van der Waals surface area contributed by atoms with Crippen molar-refractivity contribution >= 4 is 37.5 Å². The van der Waals surface area contributed by atoms with Crippen LogP contribution in [0.5, 0.6) is 5.75 Å². The fourth-order valence-corrected chi connectivity index (χ4v) is 5.33. The Morgan fingerprint density at radius 2 is 1.83 bits per heavy atom. The number of nitrogens with zero attached hydrogens (tertiary/aromatic N) is 2. The second-order valence-electron chi connectivity index (χ2n) is 7.29. The van der Waals surface area contributed by atoms with Crippen molar-refractivity contribution in [2.75, 3.05) is 14.2 Å². The van der Waals surface area contributed by atoms with Crippen LogP contribution in [0.15, 0.2) is 53.4 Å². The van der Waals surface area contributed by atoms with E-state index in [0.29, 0.717) is 12.3 Å². The van der Waals surface area contributed by atoms with Crippen molar-refractivity contribution in [3.05, 3.63) is 53.5 Å². The minimum absolute atomic E-state index is 0.0792. The summed E-state index contributed by atoms with van der Waals surface area (Å²) in [6, 6.07) is 12.9. The molecule has 3 rings (SSSR count). The molecule has 30 heavy (non-hydrogen) atoms. The van der Waals surface area contributed by atoms with Gasteiger partial charge in [0.1, 0.15) is 16.8 Å². The van der Waals surface area contributed by atoms with Gasteiger partial charge in [-0.25, -0.2) is 13.4 Å². The third kappa shape index (κ3) is 4.97. The highest BCUT2D eigenvalue weighted by molar-refractivity contribution is 7.89. The molecule has 1 aromatic heterocycles. The van der Waals surface area contributed by atoms with Crippen molar-refractivity contribution < 1.29 is 17.9 Å². The molecule has 7 nitrogen and oxygen atoms in total. The number of methoxy groups -OCH3 is 1. The molecule has 1 atom stereocenters. The van der Waals surface area contributed by atoms with Crippen LogP contribution in [0.2, 0.25) is 0 Å². The van der Waals surface area contributed by atoms with Crippen molar-refractivity contribution in [2.45, 2.75) is 31.3 Å². The molecule has 0 aliphatic heterocycles. The number of carbonyl (C=O) groups is 1. The lowest BCUT2D eigenvalue weighted by atomic mass is 10.0. The number of thiazole rings is 1. The highest BCUT2D eigenvalue weighted by Crippen LogP contribution is 2.23. The lowest BCUT2D eigenvalue weighted by molar-refractivity contribution is -0.133. The van der Waals surface area contributed by atoms with Gasteiger partial charge >= 0.3 is 0 Å². The van der Waals surface area contributed by atoms with Crippen molar-refractivity contribution in [3.8, 4) is 5.75 Å². The molecule has 1 heterocycles. The second-order valence-corrected chi connectivity index (χ2v) is 10.1. The predicted molar refractivity (Wildman–Crippen MR) is 118 cm³/mol. The molecule has 1 N–H and O–H groups in total. The number of fused-ring (bicyclic) bond motifs is 1. The number of amides is 1. The van der Waals surface area contributed by atoms with Crippen LogP contribution >= 0.6 is 11.3 Å². The molecule has 9 heteroatoms. The van der Waals surface area contributed by atoms with E-state index in [1.807, 2.05) is 38.1 Å². The summed E-state index contributed by atoms with van der Waals surface area (Å²) in [4.78, 5) is 19.2. The summed E-state index contributed by atoms with van der Waals surface area (Å²) in [5, 5.41) is 0.799. The van der Waals surface area contributed by atoms with Crippen LogP contribution in [0.25, 0.3) is 10.2 Å². The maximum Gasteiger partial charge on any atom is 0.241 e. The van der Waals surface area contributed by atoms with E-state index in [9.17, 15) is 13.2 Å². The van der Waals surface area contributed by atoms with E-state index in [0.717, 1.165) is 15.2 Å². The summed E-state index contributed by atoms with van der Waals surface area (Å²) in [5.41, 5.74) is 0.888. The number of hydrogen-bond donors (Lipinski definition) is 1. The molecular weight excluding hydrogens is 422 g/mol. The Morgan fingerprint density at radius 1 is 1.17 bits per heavy atom. The molecular formula is C21H25N3O4S2. The van der Waals surface area contributed by atoms with Gasteiger partial charge in [-0.15, -0.1) is 11.3 Å². The second kappa shape index (κ2) is 9.11. The Morgan fingerprint density at radius 3 is 2.43 bits per heavy atom. The maximum atomic E-state index is 13.1. The minimum atomic E-state index is -3.87. The van der Waals surface area contributed by atoms with E-state index in [2.05, 4.69) is 9.71 Å². The van der Waals surface area contributed by atoms with E-state index >= 15 is 0 Å². The molecule has 0 radical (unpaired) electrons. The number of hydrogen-bond acceptors (Lipinski definition) is 6. The van der Waals surface area contributed by atoms with E-state index in [4.69, 9.17) is 4.74 Å². The molecule has 0 aliphatic rings. The number of likely N-dealkylation sites (N-methyl/N-ethyl adjacent to an activating group) is 1. The Labute approximate surface area is 180 Å². The normalized spacial score (nSPS) is 12.8. The fourth-order valence-electron chi connectivity index (χ4n) is 2.97. The van der Waals surface area contributed by atoms with Crippen molar-refractivity contribution in [1.29, 1.82) is 0 Å². The van der Waals surface area contributed by atoms with Crippen LogP contribution < -0.4 is 9.46 Å². The zero-order chi connectivity index (χ0) is 21.9. The van der Waals surface area contributed by atoms with Gasteiger partial charge in [-0.3, -0.25) is 4.79 Å². The van der Waals surface area contributed by atoms with Gasteiger partial charge in [-0.05, 0) is 42.3 Å². The zero-order valence-corrected chi connectivity index (χ0v) is 19.0. The number of benzene rings is 2. The number of nitrogens with one attached hydrogen (secondary N) is 1. The van der Waals surface area contributed by atoms with Gasteiger partial charge in [-0.1, -0.05) is 26.0 Å². The Balaban J connectivity index is 1.76. The highest BCUT2D eigenvalue weighted by Gasteiger charge is 2.30. The number of rotatable bonds is 8. The third-order valence-electron chi connectivity index (χ3n) is 4.67. The lowest BCUT2D eigenvalue weighted by Gasteiger charge is -2.26. The fraction of sp³-hybridized carbons (Fsp3) is 0.333. The first-order valence-corrected chi connectivity index (χ1v) is 11.8. The number of para-hydroxylation sites is 1. The van der Waals surface area contributed by atoms with Crippen LogP contribution in [-0.2, 0) is 21.4 Å². The summed E-state index contributed by atoms with van der Waals surface area (Å²) < 4.78 is 34.3. The van der Waals surface area contributed by atoms with Crippen LogP contribution in [0, 0.1) is 5.92 Å². The van der Waals surface area contributed by atoms with Gasteiger partial charge in [-0.2, -0.15) is 4.72 Å². The summed E-state index contributed by atoms with van der Waals surface area (Å²) >= 11 is 1.52. The summed E-state index contributed by atoms with van der Waals surface area (Å²) in [6.45, 7) is 3.93. The zero-order valence-electron chi connectivity index (χ0n) is 17.3. The Bertz CT molecular complexity index is 1090. The lowest BCUT2D eigenvalue weighted by Crippen LogP contribution is -2.49. The first-order chi connectivity index (χ1) is 14.2. The Hall–Kier alpha value is -2.49. The van der Waals surface area contributed by atoms with Gasteiger partial charge in [0, 0.05) is 7.05 Å². The molecule has 0 aliphatic carbocycles.